The van der Waals surface area contributed by atoms with Crippen molar-refractivity contribution >= 4 is 17.4 Å². The van der Waals surface area contributed by atoms with Crippen LogP contribution in [0.5, 0.6) is 5.75 Å². The van der Waals surface area contributed by atoms with Gasteiger partial charge in [0.25, 0.3) is 5.91 Å². The predicted molar refractivity (Wildman–Crippen MR) is 107 cm³/mol. The summed E-state index contributed by atoms with van der Waals surface area (Å²) in [6.45, 7) is 5.36. The average molecular weight is 382 g/mol. The van der Waals surface area contributed by atoms with E-state index in [1.807, 2.05) is 48.5 Å². The van der Waals surface area contributed by atoms with Gasteiger partial charge in [0.1, 0.15) is 23.7 Å². The Morgan fingerprint density at radius 1 is 1.18 bits per heavy atom. The number of rotatable bonds is 6. The molecule has 0 saturated carbocycles. The highest BCUT2D eigenvalue weighted by molar-refractivity contribution is 5.91. The number of fused-ring (bicyclic) bond motifs is 1. The van der Waals surface area contributed by atoms with Crippen LogP contribution in [0.1, 0.15) is 44.4 Å². The largest absolute Gasteiger partial charge is 0.497 e. The van der Waals surface area contributed by atoms with E-state index in [1.165, 1.54) is 12.0 Å². The van der Waals surface area contributed by atoms with Gasteiger partial charge in [0.2, 0.25) is 0 Å². The Morgan fingerprint density at radius 3 is 2.54 bits per heavy atom. The van der Waals surface area contributed by atoms with E-state index in [0.29, 0.717) is 5.75 Å². The summed E-state index contributed by atoms with van der Waals surface area (Å²) in [5, 5.41) is 4.65. The van der Waals surface area contributed by atoms with Crippen LogP contribution in [0.4, 0.5) is 5.69 Å². The third-order valence-electron chi connectivity index (χ3n) is 4.78. The van der Waals surface area contributed by atoms with Gasteiger partial charge in [0.15, 0.2) is 0 Å². The minimum Gasteiger partial charge on any atom is -0.497 e. The molecule has 6 heteroatoms. The molecule has 1 heterocycles. The molecule has 0 spiro atoms. The number of hydroxylamine groups is 2. The molecule has 28 heavy (non-hydrogen) atoms. The maximum Gasteiger partial charge on any atom is 0.271 e. The number of ketones is 1. The maximum atomic E-state index is 13.3. The van der Waals surface area contributed by atoms with E-state index in [0.717, 1.165) is 16.8 Å². The van der Waals surface area contributed by atoms with Crippen molar-refractivity contribution in [2.45, 2.75) is 45.4 Å². The van der Waals surface area contributed by atoms with Crippen molar-refractivity contribution in [3.63, 3.8) is 0 Å². The second-order valence-electron chi connectivity index (χ2n) is 7.52. The molecule has 0 radical (unpaired) electrons. The van der Waals surface area contributed by atoms with Crippen molar-refractivity contribution in [2.24, 2.45) is 0 Å². The van der Waals surface area contributed by atoms with Crippen LogP contribution in [-0.4, -0.2) is 29.4 Å². The lowest BCUT2D eigenvalue weighted by Crippen LogP contribution is -2.49. The first-order chi connectivity index (χ1) is 13.3. The van der Waals surface area contributed by atoms with Crippen LogP contribution in [0.2, 0.25) is 0 Å². The number of nitrogens with one attached hydrogen (secondary N) is 1. The summed E-state index contributed by atoms with van der Waals surface area (Å²) in [6.07, 6.45) is 0.151. The van der Waals surface area contributed by atoms with E-state index >= 15 is 0 Å². The molecule has 0 aliphatic carbocycles. The van der Waals surface area contributed by atoms with Gasteiger partial charge >= 0.3 is 0 Å². The first-order valence-electron chi connectivity index (χ1n) is 9.28. The SMILES string of the molecule is COc1ccc2c(c1)[C@@H](CC(C)=O)N(OCc1ccccc1)C(=O)C(C)(C)N2. The summed E-state index contributed by atoms with van der Waals surface area (Å²) in [4.78, 5) is 31.3. The third-order valence-corrected chi connectivity index (χ3v) is 4.78. The predicted octanol–water partition coefficient (Wildman–Crippen LogP) is 3.88. The molecule has 1 N–H and O–H groups in total. The lowest BCUT2D eigenvalue weighted by molar-refractivity contribution is -0.210. The minimum absolute atomic E-state index is 0.0282. The molecule has 2 aromatic rings. The second-order valence-corrected chi connectivity index (χ2v) is 7.52. The molecule has 0 saturated heterocycles. The molecule has 0 fully saturated rings. The highest BCUT2D eigenvalue weighted by Crippen LogP contribution is 2.39. The first kappa shape index (κ1) is 19.9. The van der Waals surface area contributed by atoms with Gasteiger partial charge in [0, 0.05) is 17.7 Å². The van der Waals surface area contributed by atoms with E-state index in [2.05, 4.69) is 5.32 Å². The summed E-state index contributed by atoms with van der Waals surface area (Å²) >= 11 is 0. The van der Waals surface area contributed by atoms with Crippen LogP contribution in [-0.2, 0) is 21.0 Å². The number of carbonyl (C=O) groups excluding carboxylic acids is 2. The molecule has 1 amide bonds. The van der Waals surface area contributed by atoms with E-state index in [1.54, 1.807) is 21.0 Å². The Labute approximate surface area is 165 Å². The van der Waals surface area contributed by atoms with Crippen molar-refractivity contribution < 1.29 is 19.2 Å². The van der Waals surface area contributed by atoms with Gasteiger partial charge in [-0.25, -0.2) is 5.06 Å². The van der Waals surface area contributed by atoms with Gasteiger partial charge in [0.05, 0.1) is 13.2 Å². The Kier molecular flexibility index (Phi) is 5.70. The van der Waals surface area contributed by atoms with Crippen molar-refractivity contribution in [1.82, 2.24) is 5.06 Å². The van der Waals surface area contributed by atoms with Gasteiger partial charge in [-0.3, -0.25) is 14.4 Å². The number of hydrogen-bond donors (Lipinski definition) is 1. The third kappa shape index (κ3) is 4.17. The minimum atomic E-state index is -0.897. The van der Waals surface area contributed by atoms with Crippen LogP contribution in [0.3, 0.4) is 0 Å². The molecule has 0 bridgehead atoms. The Balaban J connectivity index is 2.03. The first-order valence-corrected chi connectivity index (χ1v) is 9.28. The van der Waals surface area contributed by atoms with Gasteiger partial charge < -0.3 is 10.1 Å². The van der Waals surface area contributed by atoms with Crippen LogP contribution in [0, 0.1) is 0 Å². The number of anilines is 1. The van der Waals surface area contributed by atoms with Crippen LogP contribution in [0.25, 0.3) is 0 Å². The Morgan fingerprint density at radius 2 is 1.89 bits per heavy atom. The molecule has 1 atom stereocenters. The average Bonchev–Trinajstić information content (AvgIpc) is 2.74. The highest BCUT2D eigenvalue weighted by Gasteiger charge is 2.42. The number of carbonyl (C=O) groups is 2. The van der Waals surface area contributed by atoms with Crippen LogP contribution in [0.15, 0.2) is 48.5 Å². The van der Waals surface area contributed by atoms with E-state index in [9.17, 15) is 9.59 Å². The van der Waals surface area contributed by atoms with Crippen molar-refractivity contribution in [2.75, 3.05) is 12.4 Å². The Bertz CT molecular complexity index is 864. The molecular weight excluding hydrogens is 356 g/mol. The number of benzene rings is 2. The zero-order chi connectivity index (χ0) is 20.3. The molecule has 0 unspecified atom stereocenters. The summed E-state index contributed by atoms with van der Waals surface area (Å²) < 4.78 is 5.36. The molecule has 3 rings (SSSR count). The zero-order valence-corrected chi connectivity index (χ0v) is 16.7. The number of hydrogen-bond acceptors (Lipinski definition) is 5. The fraction of sp³-hybridized carbons (Fsp3) is 0.364. The second kappa shape index (κ2) is 8.02. The number of ether oxygens (including phenoxy) is 1. The topological polar surface area (TPSA) is 67.9 Å². The molecule has 0 aromatic heterocycles. The summed E-state index contributed by atoms with van der Waals surface area (Å²) in [7, 11) is 1.59. The van der Waals surface area contributed by atoms with Gasteiger partial charge in [-0.05, 0) is 44.5 Å². The number of Topliss-reactive ketones (excluding diaryl/α,β-unsaturated/α-hetero) is 1. The highest BCUT2D eigenvalue weighted by atomic mass is 16.7. The standard InChI is InChI=1S/C22H26N2O4/c1-15(25)12-20-18-13-17(27-4)10-11-19(18)23-22(2,3)21(26)24(20)28-14-16-8-6-5-7-9-16/h5-11,13,20,23H,12,14H2,1-4H3/t20-/m1/s1. The van der Waals surface area contributed by atoms with Crippen molar-refractivity contribution in [3.05, 3.63) is 59.7 Å². The van der Waals surface area contributed by atoms with Crippen molar-refractivity contribution in [3.8, 4) is 5.75 Å². The summed E-state index contributed by atoms with van der Waals surface area (Å²) in [5.41, 5.74) is 1.63. The smallest absolute Gasteiger partial charge is 0.271 e. The fourth-order valence-electron chi connectivity index (χ4n) is 3.32. The molecule has 2 aromatic carbocycles. The van der Waals surface area contributed by atoms with E-state index in [4.69, 9.17) is 9.57 Å². The number of nitrogens with zero attached hydrogens (tertiary/aromatic N) is 1. The molecular formula is C22H26N2O4. The molecule has 148 valence electrons. The lowest BCUT2D eigenvalue weighted by Gasteiger charge is -2.32. The van der Waals surface area contributed by atoms with Gasteiger partial charge in [-0.2, -0.15) is 0 Å². The van der Waals surface area contributed by atoms with E-state index < -0.39 is 11.6 Å². The summed E-state index contributed by atoms with van der Waals surface area (Å²) in [6, 6.07) is 14.6. The fourth-order valence-corrected chi connectivity index (χ4v) is 3.32. The quantitative estimate of drug-likeness (QED) is 0.821. The Hall–Kier alpha value is -2.86. The number of methoxy groups -OCH3 is 1. The number of amides is 1. The molecule has 1 aliphatic heterocycles. The van der Waals surface area contributed by atoms with Crippen molar-refractivity contribution in [1.29, 1.82) is 0 Å². The monoisotopic (exact) mass is 382 g/mol. The zero-order valence-electron chi connectivity index (χ0n) is 16.7. The van der Waals surface area contributed by atoms with E-state index in [-0.39, 0.29) is 24.7 Å². The summed E-state index contributed by atoms with van der Waals surface area (Å²) in [5.74, 6) is 0.397. The maximum absolute atomic E-state index is 13.3. The van der Waals surface area contributed by atoms with Gasteiger partial charge in [-0.15, -0.1) is 0 Å². The molecule has 6 nitrogen and oxygen atoms in total. The molecule has 1 aliphatic rings. The normalized spacial score (nSPS) is 18.1. The van der Waals surface area contributed by atoms with Crippen LogP contribution < -0.4 is 10.1 Å². The van der Waals surface area contributed by atoms with Gasteiger partial charge in [-0.1, -0.05) is 30.3 Å². The lowest BCUT2D eigenvalue weighted by atomic mass is 9.99. The van der Waals surface area contributed by atoms with Crippen LogP contribution >= 0.6 is 0 Å².